The summed E-state index contributed by atoms with van der Waals surface area (Å²) in [6, 6.07) is 9.45. The third-order valence-corrected chi connectivity index (χ3v) is 4.48. The smallest absolute Gasteiger partial charge is 0.323 e. The van der Waals surface area contributed by atoms with E-state index in [9.17, 15) is 14.4 Å². The van der Waals surface area contributed by atoms with Gasteiger partial charge in [0.25, 0.3) is 0 Å². The van der Waals surface area contributed by atoms with Crippen molar-refractivity contribution in [1.82, 2.24) is 10.3 Å². The molecule has 2 rings (SSSR count). The number of rotatable bonds is 5. The summed E-state index contributed by atoms with van der Waals surface area (Å²) >= 11 is 1.23. The number of hydrogen-bond acceptors (Lipinski definition) is 4. The van der Waals surface area contributed by atoms with Crippen LogP contribution >= 0.6 is 18.9 Å². The fraction of sp³-hybridized carbons (Fsp3) is 0.182. The first kappa shape index (κ1) is 13.4. The van der Waals surface area contributed by atoms with Crippen molar-refractivity contribution >= 4 is 18.9 Å². The van der Waals surface area contributed by atoms with Gasteiger partial charge in [-0.2, -0.15) is 0 Å². The van der Waals surface area contributed by atoms with Crippen LogP contribution in [0.2, 0.25) is 0 Å². The molecule has 0 fully saturated rings. The highest BCUT2D eigenvalue weighted by molar-refractivity contribution is 7.52. The molecule has 1 heterocycles. The molecular weight excluding hydrogens is 271 g/mol. The molecule has 0 aliphatic rings. The van der Waals surface area contributed by atoms with E-state index in [1.807, 2.05) is 30.3 Å². The van der Waals surface area contributed by atoms with Gasteiger partial charge in [-0.15, -0.1) is 11.3 Å². The molecule has 0 aliphatic carbocycles. The Morgan fingerprint density at radius 1 is 1.33 bits per heavy atom. The Balaban J connectivity index is 2.10. The lowest BCUT2D eigenvalue weighted by molar-refractivity contribution is 0.347. The van der Waals surface area contributed by atoms with Gasteiger partial charge in [0.1, 0.15) is 5.01 Å². The Kier molecular flexibility index (Phi) is 4.27. The number of aromatic nitrogens is 1. The van der Waals surface area contributed by atoms with E-state index in [0.29, 0.717) is 11.6 Å². The second-order valence-electron chi connectivity index (χ2n) is 3.73. The Hall–Kier alpha value is -1.04. The van der Waals surface area contributed by atoms with Crippen molar-refractivity contribution in [1.29, 1.82) is 0 Å². The lowest BCUT2D eigenvalue weighted by atomic mass is 10.2. The van der Waals surface area contributed by atoms with Gasteiger partial charge in [-0.3, -0.25) is 9.88 Å². The molecule has 3 N–H and O–H groups in total. The zero-order valence-corrected chi connectivity index (χ0v) is 11.1. The van der Waals surface area contributed by atoms with Crippen LogP contribution in [0.1, 0.15) is 16.4 Å². The summed E-state index contributed by atoms with van der Waals surface area (Å²) in [6.45, 7) is 0.385. The van der Waals surface area contributed by atoms with Crippen LogP contribution in [0.5, 0.6) is 0 Å². The summed E-state index contributed by atoms with van der Waals surface area (Å²) in [5, 5.41) is 4.96. The molecule has 7 heteroatoms. The van der Waals surface area contributed by atoms with Gasteiger partial charge in [0.15, 0.2) is 5.78 Å². The molecule has 1 unspecified atom stereocenters. The minimum atomic E-state index is -4.26. The highest BCUT2D eigenvalue weighted by Crippen LogP contribution is 2.50. The van der Waals surface area contributed by atoms with Crippen LogP contribution in [0.15, 0.2) is 41.9 Å². The van der Waals surface area contributed by atoms with Crippen molar-refractivity contribution in [3.8, 4) is 0 Å². The van der Waals surface area contributed by atoms with E-state index in [4.69, 9.17) is 0 Å². The number of hydrogen-bond donors (Lipinski definition) is 3. The van der Waals surface area contributed by atoms with E-state index in [1.54, 1.807) is 5.38 Å². The second kappa shape index (κ2) is 5.73. The summed E-state index contributed by atoms with van der Waals surface area (Å²) in [7, 11) is -4.26. The largest absolute Gasteiger partial charge is 0.349 e. The molecule has 96 valence electrons. The summed E-state index contributed by atoms with van der Waals surface area (Å²) in [4.78, 5) is 22.6. The third-order valence-electron chi connectivity index (χ3n) is 2.36. The fourth-order valence-corrected chi connectivity index (χ4v) is 3.40. The van der Waals surface area contributed by atoms with Crippen LogP contribution in [-0.4, -0.2) is 14.8 Å². The van der Waals surface area contributed by atoms with E-state index in [-0.39, 0.29) is 0 Å². The van der Waals surface area contributed by atoms with Gasteiger partial charge in [-0.05, 0) is 5.56 Å². The van der Waals surface area contributed by atoms with Gasteiger partial charge < -0.3 is 9.79 Å². The quantitative estimate of drug-likeness (QED) is 0.732. The van der Waals surface area contributed by atoms with Crippen molar-refractivity contribution in [2.24, 2.45) is 0 Å². The minimum absolute atomic E-state index is 0.385. The lowest BCUT2D eigenvalue weighted by Crippen LogP contribution is -2.20. The van der Waals surface area contributed by atoms with Crippen LogP contribution in [0.25, 0.3) is 0 Å². The molecule has 0 radical (unpaired) electrons. The van der Waals surface area contributed by atoms with Gasteiger partial charge >= 0.3 is 7.60 Å². The first-order valence-electron chi connectivity index (χ1n) is 5.29. The van der Waals surface area contributed by atoms with Crippen molar-refractivity contribution in [3.63, 3.8) is 0 Å². The fourth-order valence-electron chi connectivity index (χ4n) is 1.53. The second-order valence-corrected chi connectivity index (χ2v) is 6.35. The van der Waals surface area contributed by atoms with Crippen LogP contribution in [0.4, 0.5) is 0 Å². The van der Waals surface area contributed by atoms with E-state index >= 15 is 0 Å². The van der Waals surface area contributed by atoms with Gasteiger partial charge in [-0.1, -0.05) is 30.3 Å². The normalized spacial score (nSPS) is 13.4. The Morgan fingerprint density at radius 2 is 2.06 bits per heavy atom. The Labute approximate surface area is 109 Å². The molecule has 0 bridgehead atoms. The molecule has 1 aromatic carbocycles. The summed E-state index contributed by atoms with van der Waals surface area (Å²) in [5.74, 6) is -1.04. The van der Waals surface area contributed by atoms with Crippen LogP contribution in [0, 0.1) is 0 Å². The van der Waals surface area contributed by atoms with Gasteiger partial charge in [-0.25, -0.2) is 4.98 Å². The van der Waals surface area contributed by atoms with Crippen LogP contribution in [0.3, 0.4) is 0 Å². The van der Waals surface area contributed by atoms with Crippen molar-refractivity contribution in [3.05, 3.63) is 52.5 Å². The number of benzene rings is 1. The summed E-state index contributed by atoms with van der Waals surface area (Å²) in [5.41, 5.74) is 0.965. The maximum absolute atomic E-state index is 11.4. The zero-order valence-electron chi connectivity index (χ0n) is 9.43. The first-order chi connectivity index (χ1) is 8.57. The van der Waals surface area contributed by atoms with E-state index in [1.165, 1.54) is 17.5 Å². The van der Waals surface area contributed by atoms with Gasteiger partial charge in [0.05, 0.1) is 0 Å². The highest BCUT2D eigenvalue weighted by Gasteiger charge is 2.31. The molecule has 0 amide bonds. The van der Waals surface area contributed by atoms with Crippen LogP contribution < -0.4 is 5.32 Å². The van der Waals surface area contributed by atoms with Crippen LogP contribution in [-0.2, 0) is 11.1 Å². The number of nitrogens with zero attached hydrogens (tertiary/aromatic N) is 1. The lowest BCUT2D eigenvalue weighted by Gasteiger charge is -2.17. The molecule has 2 aromatic rings. The van der Waals surface area contributed by atoms with Crippen molar-refractivity contribution in [2.45, 2.75) is 12.3 Å². The Bertz CT molecular complexity index is 526. The molecular formula is C11H13N2O3PS. The molecule has 0 spiro atoms. The minimum Gasteiger partial charge on any atom is -0.323 e. The molecule has 0 saturated carbocycles. The predicted octanol–water partition coefficient (Wildman–Crippen LogP) is 2.11. The number of thiazole rings is 1. The zero-order chi connectivity index (χ0) is 13.0. The van der Waals surface area contributed by atoms with E-state index < -0.39 is 13.4 Å². The standard InChI is InChI=1S/C11H13N2O3PS/c14-17(15,16)10(11-12-6-7-18-11)13-8-9-4-2-1-3-5-9/h1-7,10,13H,8H2,(H2,14,15,16). The first-order valence-corrected chi connectivity index (χ1v) is 7.85. The molecule has 18 heavy (non-hydrogen) atoms. The molecule has 5 nitrogen and oxygen atoms in total. The van der Waals surface area contributed by atoms with E-state index in [0.717, 1.165) is 5.56 Å². The van der Waals surface area contributed by atoms with Crippen molar-refractivity contribution in [2.75, 3.05) is 0 Å². The highest BCUT2D eigenvalue weighted by atomic mass is 32.1. The SMILES string of the molecule is O=P(O)(O)C(NCc1ccccc1)c1nccs1. The molecule has 0 aliphatic heterocycles. The monoisotopic (exact) mass is 284 g/mol. The molecule has 0 saturated heterocycles. The summed E-state index contributed by atoms with van der Waals surface area (Å²) < 4.78 is 11.4. The molecule has 1 atom stereocenters. The molecule has 1 aromatic heterocycles. The van der Waals surface area contributed by atoms with Crippen molar-refractivity contribution < 1.29 is 14.4 Å². The third kappa shape index (κ3) is 3.48. The van der Waals surface area contributed by atoms with Gasteiger partial charge in [0.2, 0.25) is 0 Å². The Morgan fingerprint density at radius 3 is 2.61 bits per heavy atom. The van der Waals surface area contributed by atoms with Gasteiger partial charge in [0, 0.05) is 18.1 Å². The summed E-state index contributed by atoms with van der Waals surface area (Å²) in [6.07, 6.45) is 1.53. The van der Waals surface area contributed by atoms with E-state index in [2.05, 4.69) is 10.3 Å². The predicted molar refractivity (Wildman–Crippen MR) is 70.2 cm³/mol. The number of nitrogens with one attached hydrogen (secondary N) is 1. The topological polar surface area (TPSA) is 82.5 Å². The maximum Gasteiger partial charge on any atom is 0.349 e. The average molecular weight is 284 g/mol. The average Bonchev–Trinajstić information content (AvgIpc) is 2.82. The maximum atomic E-state index is 11.4.